The molecule has 0 spiro atoms. The lowest BCUT2D eigenvalue weighted by molar-refractivity contribution is 0.210. The number of benzene rings is 1. The van der Waals surface area contributed by atoms with Gasteiger partial charge in [-0.3, -0.25) is 0 Å². The number of nitrogens with one attached hydrogen (secondary N) is 1. The highest BCUT2D eigenvalue weighted by molar-refractivity contribution is 5.60. The van der Waals surface area contributed by atoms with Gasteiger partial charge in [0.1, 0.15) is 11.6 Å². The molecule has 1 aromatic carbocycles. The average molecular weight is 410 g/mol. The molecule has 7 heteroatoms. The fourth-order valence-electron chi connectivity index (χ4n) is 3.84. The van der Waals surface area contributed by atoms with E-state index < -0.39 is 0 Å². The van der Waals surface area contributed by atoms with Crippen LogP contribution in [-0.4, -0.2) is 45.7 Å². The van der Waals surface area contributed by atoms with E-state index in [4.69, 9.17) is 4.52 Å². The van der Waals surface area contributed by atoms with Crippen LogP contribution in [0.25, 0.3) is 22.8 Å². The fourth-order valence-corrected chi connectivity index (χ4v) is 3.84. The number of pyridine rings is 1. The number of nitrogens with zero attached hydrogens (tertiary/aromatic N) is 4. The van der Waals surface area contributed by atoms with Crippen LogP contribution in [0.5, 0.6) is 0 Å². The predicted octanol–water partition coefficient (Wildman–Crippen LogP) is 5.00. The number of hydrogen-bond donors (Lipinski definition) is 1. The van der Waals surface area contributed by atoms with E-state index in [0.717, 1.165) is 24.3 Å². The maximum atomic E-state index is 13.4. The van der Waals surface area contributed by atoms with Gasteiger partial charge in [0, 0.05) is 24.3 Å². The highest BCUT2D eigenvalue weighted by atomic mass is 19.1. The van der Waals surface area contributed by atoms with Gasteiger partial charge in [-0.15, -0.1) is 0 Å². The summed E-state index contributed by atoms with van der Waals surface area (Å²) in [6.45, 7) is 5.63. The third-order valence-electron chi connectivity index (χ3n) is 5.65. The standard InChI is InChI=1S/C23H28FN5O/c1-17(29-13-4-2-3-5-14-29)11-12-25-21-10-9-19(16-26-21)23-27-22(28-30-23)18-7-6-8-20(24)15-18/h6-10,15-17H,2-5,11-14H2,1H3,(H,25,26). The average Bonchev–Trinajstić information content (AvgIpc) is 3.09. The molecule has 1 atom stereocenters. The minimum atomic E-state index is -0.332. The maximum absolute atomic E-state index is 13.4. The molecule has 1 N–H and O–H groups in total. The molecule has 0 amide bonds. The highest BCUT2D eigenvalue weighted by Gasteiger charge is 2.15. The quantitative estimate of drug-likeness (QED) is 0.592. The van der Waals surface area contributed by atoms with Crippen molar-refractivity contribution >= 4 is 5.82 Å². The Hall–Kier alpha value is -2.80. The minimum absolute atomic E-state index is 0.332. The molecule has 1 fully saturated rings. The highest BCUT2D eigenvalue weighted by Crippen LogP contribution is 2.23. The second-order valence-corrected chi connectivity index (χ2v) is 7.88. The molecule has 3 aromatic rings. The van der Waals surface area contributed by atoms with Gasteiger partial charge in [0.05, 0.1) is 5.56 Å². The summed E-state index contributed by atoms with van der Waals surface area (Å²) in [6, 6.07) is 10.5. The van der Waals surface area contributed by atoms with Crippen LogP contribution in [-0.2, 0) is 0 Å². The Kier molecular flexibility index (Phi) is 6.69. The normalized spacial score (nSPS) is 16.2. The molecule has 1 aliphatic heterocycles. The third-order valence-corrected chi connectivity index (χ3v) is 5.65. The largest absolute Gasteiger partial charge is 0.370 e. The molecular weight excluding hydrogens is 381 g/mol. The Labute approximate surface area is 176 Å². The fraction of sp³-hybridized carbons (Fsp3) is 0.435. The van der Waals surface area contributed by atoms with E-state index in [9.17, 15) is 4.39 Å². The summed E-state index contributed by atoms with van der Waals surface area (Å²) in [7, 11) is 0. The number of halogens is 1. The van der Waals surface area contributed by atoms with Crippen molar-refractivity contribution in [1.29, 1.82) is 0 Å². The third kappa shape index (κ3) is 5.21. The Morgan fingerprint density at radius 2 is 1.93 bits per heavy atom. The van der Waals surface area contributed by atoms with Gasteiger partial charge in [0.15, 0.2) is 0 Å². The van der Waals surface area contributed by atoms with E-state index in [2.05, 4.69) is 32.3 Å². The number of hydrogen-bond acceptors (Lipinski definition) is 6. The zero-order chi connectivity index (χ0) is 20.8. The van der Waals surface area contributed by atoms with Crippen LogP contribution < -0.4 is 5.32 Å². The molecular formula is C23H28FN5O. The predicted molar refractivity (Wildman–Crippen MR) is 116 cm³/mol. The van der Waals surface area contributed by atoms with E-state index in [-0.39, 0.29) is 5.82 Å². The van der Waals surface area contributed by atoms with E-state index >= 15 is 0 Å². The van der Waals surface area contributed by atoms with E-state index in [1.165, 1.54) is 50.9 Å². The molecule has 4 rings (SSSR count). The topological polar surface area (TPSA) is 67.1 Å². The van der Waals surface area contributed by atoms with Crippen molar-refractivity contribution in [3.8, 4) is 22.8 Å². The summed E-state index contributed by atoms with van der Waals surface area (Å²) >= 11 is 0. The lowest BCUT2D eigenvalue weighted by Crippen LogP contribution is -2.35. The zero-order valence-electron chi connectivity index (χ0n) is 17.4. The molecule has 0 aliphatic carbocycles. The Bertz CT molecular complexity index is 935. The van der Waals surface area contributed by atoms with Crippen molar-refractivity contribution in [3.63, 3.8) is 0 Å². The van der Waals surface area contributed by atoms with E-state index in [1.807, 2.05) is 12.1 Å². The first-order valence-electron chi connectivity index (χ1n) is 10.7. The molecule has 30 heavy (non-hydrogen) atoms. The maximum Gasteiger partial charge on any atom is 0.259 e. The smallest absolute Gasteiger partial charge is 0.259 e. The van der Waals surface area contributed by atoms with Gasteiger partial charge in [0.2, 0.25) is 5.82 Å². The van der Waals surface area contributed by atoms with Crippen LogP contribution in [0.3, 0.4) is 0 Å². The number of aromatic nitrogens is 3. The van der Waals surface area contributed by atoms with Crippen molar-refractivity contribution in [3.05, 3.63) is 48.4 Å². The molecule has 1 saturated heterocycles. The summed E-state index contributed by atoms with van der Waals surface area (Å²) in [5.41, 5.74) is 1.31. The van der Waals surface area contributed by atoms with Crippen LogP contribution in [0, 0.1) is 5.82 Å². The summed E-state index contributed by atoms with van der Waals surface area (Å²) in [5.74, 6) is 1.21. The second kappa shape index (κ2) is 9.80. The van der Waals surface area contributed by atoms with Crippen molar-refractivity contribution < 1.29 is 8.91 Å². The SMILES string of the molecule is CC(CCNc1ccc(-c2nc(-c3cccc(F)c3)no2)cn1)N1CCCCCC1. The van der Waals surface area contributed by atoms with Gasteiger partial charge in [0.25, 0.3) is 5.89 Å². The van der Waals surface area contributed by atoms with Crippen molar-refractivity contribution in [2.75, 3.05) is 25.0 Å². The minimum Gasteiger partial charge on any atom is -0.370 e. The molecule has 0 bridgehead atoms. The van der Waals surface area contributed by atoms with Crippen molar-refractivity contribution in [2.45, 2.75) is 45.1 Å². The van der Waals surface area contributed by atoms with Crippen LogP contribution in [0.1, 0.15) is 39.0 Å². The summed E-state index contributed by atoms with van der Waals surface area (Å²) < 4.78 is 18.7. The van der Waals surface area contributed by atoms with Gasteiger partial charge in [-0.1, -0.05) is 30.1 Å². The molecule has 0 radical (unpaired) electrons. The lowest BCUT2D eigenvalue weighted by atomic mass is 10.2. The Balaban J connectivity index is 1.31. The molecule has 3 heterocycles. The second-order valence-electron chi connectivity index (χ2n) is 7.88. The molecule has 1 unspecified atom stereocenters. The first-order chi connectivity index (χ1) is 14.7. The Morgan fingerprint density at radius 1 is 1.10 bits per heavy atom. The summed E-state index contributed by atoms with van der Waals surface area (Å²) in [5, 5.41) is 7.35. The Morgan fingerprint density at radius 3 is 2.67 bits per heavy atom. The zero-order valence-corrected chi connectivity index (χ0v) is 17.4. The van der Waals surface area contributed by atoms with Gasteiger partial charge in [-0.25, -0.2) is 9.37 Å². The summed E-state index contributed by atoms with van der Waals surface area (Å²) in [4.78, 5) is 11.4. The van der Waals surface area contributed by atoms with Gasteiger partial charge < -0.3 is 14.7 Å². The van der Waals surface area contributed by atoms with Crippen LogP contribution >= 0.6 is 0 Å². The molecule has 158 valence electrons. The van der Waals surface area contributed by atoms with Crippen LogP contribution in [0.2, 0.25) is 0 Å². The van der Waals surface area contributed by atoms with Gasteiger partial charge in [-0.2, -0.15) is 4.98 Å². The molecule has 1 aliphatic rings. The number of anilines is 1. The van der Waals surface area contributed by atoms with Crippen LogP contribution in [0.15, 0.2) is 47.1 Å². The van der Waals surface area contributed by atoms with Crippen molar-refractivity contribution in [1.82, 2.24) is 20.0 Å². The van der Waals surface area contributed by atoms with E-state index in [0.29, 0.717) is 23.3 Å². The van der Waals surface area contributed by atoms with Gasteiger partial charge >= 0.3 is 0 Å². The van der Waals surface area contributed by atoms with Crippen molar-refractivity contribution in [2.24, 2.45) is 0 Å². The van der Waals surface area contributed by atoms with Crippen LogP contribution in [0.4, 0.5) is 10.2 Å². The van der Waals surface area contributed by atoms with E-state index in [1.54, 1.807) is 18.3 Å². The number of likely N-dealkylation sites (tertiary alicyclic amines) is 1. The first-order valence-corrected chi connectivity index (χ1v) is 10.7. The first kappa shape index (κ1) is 20.5. The monoisotopic (exact) mass is 409 g/mol. The number of rotatable bonds is 7. The molecule has 2 aromatic heterocycles. The lowest BCUT2D eigenvalue weighted by Gasteiger charge is -2.27. The molecule has 0 saturated carbocycles. The van der Waals surface area contributed by atoms with Gasteiger partial charge in [-0.05, 0) is 63.5 Å². The summed E-state index contributed by atoms with van der Waals surface area (Å²) in [6.07, 6.45) is 8.16. The molecule has 6 nitrogen and oxygen atoms in total.